The first-order valence-corrected chi connectivity index (χ1v) is 11.2. The molecule has 0 aliphatic carbocycles. The first-order chi connectivity index (χ1) is 15.4. The molecular formula is C26H29N3O2S. The number of aromatic nitrogens is 1. The molecule has 2 aromatic heterocycles. The van der Waals surface area contributed by atoms with Crippen LogP contribution in [-0.2, 0) is 13.0 Å². The van der Waals surface area contributed by atoms with Crippen molar-refractivity contribution in [2.24, 2.45) is 0 Å². The molecule has 0 saturated heterocycles. The van der Waals surface area contributed by atoms with Crippen molar-refractivity contribution in [3.63, 3.8) is 0 Å². The van der Waals surface area contributed by atoms with Crippen molar-refractivity contribution in [3.8, 4) is 5.75 Å². The number of methoxy groups -OCH3 is 1. The van der Waals surface area contributed by atoms with Crippen LogP contribution in [0.25, 0.3) is 10.9 Å². The van der Waals surface area contributed by atoms with E-state index in [1.807, 2.05) is 18.2 Å². The fourth-order valence-electron chi connectivity index (χ4n) is 4.05. The molecule has 0 unspecified atom stereocenters. The van der Waals surface area contributed by atoms with E-state index < -0.39 is 0 Å². The van der Waals surface area contributed by atoms with Gasteiger partial charge in [-0.2, -0.15) is 0 Å². The van der Waals surface area contributed by atoms with Crippen molar-refractivity contribution in [1.82, 2.24) is 9.88 Å². The maximum Gasteiger partial charge on any atom is 0.173 e. The van der Waals surface area contributed by atoms with Gasteiger partial charge in [0.05, 0.1) is 19.9 Å². The second-order valence-electron chi connectivity index (χ2n) is 8.14. The number of ether oxygens (including phenoxy) is 1. The van der Waals surface area contributed by atoms with E-state index >= 15 is 0 Å². The number of aryl methyl sites for hydroxylation is 3. The third kappa shape index (κ3) is 4.81. The second kappa shape index (κ2) is 9.49. The summed E-state index contributed by atoms with van der Waals surface area (Å²) in [7, 11) is 1.70. The van der Waals surface area contributed by atoms with Crippen molar-refractivity contribution in [1.29, 1.82) is 0 Å². The number of rotatable bonds is 7. The summed E-state index contributed by atoms with van der Waals surface area (Å²) in [6.07, 6.45) is 2.54. The van der Waals surface area contributed by atoms with E-state index in [9.17, 15) is 0 Å². The second-order valence-corrected chi connectivity index (χ2v) is 8.53. The highest BCUT2D eigenvalue weighted by Gasteiger charge is 2.16. The summed E-state index contributed by atoms with van der Waals surface area (Å²) < 4.78 is 11.1. The number of aromatic amines is 1. The van der Waals surface area contributed by atoms with Gasteiger partial charge in [0.2, 0.25) is 0 Å². The number of anilines is 1. The Morgan fingerprint density at radius 2 is 1.97 bits per heavy atom. The molecule has 2 heterocycles. The first-order valence-electron chi connectivity index (χ1n) is 10.8. The minimum atomic E-state index is 0.606. The van der Waals surface area contributed by atoms with Crippen molar-refractivity contribution >= 4 is 33.9 Å². The predicted molar refractivity (Wildman–Crippen MR) is 135 cm³/mol. The number of hydrogen-bond acceptors (Lipinski definition) is 3. The van der Waals surface area contributed by atoms with Crippen LogP contribution in [0.2, 0.25) is 0 Å². The summed E-state index contributed by atoms with van der Waals surface area (Å²) >= 11 is 5.83. The largest absolute Gasteiger partial charge is 0.497 e. The lowest BCUT2D eigenvalue weighted by Gasteiger charge is -2.26. The van der Waals surface area contributed by atoms with Crippen LogP contribution in [0.5, 0.6) is 5.75 Å². The van der Waals surface area contributed by atoms with Gasteiger partial charge in [0.1, 0.15) is 11.5 Å². The molecule has 0 atom stereocenters. The Morgan fingerprint density at radius 1 is 1.12 bits per heavy atom. The smallest absolute Gasteiger partial charge is 0.173 e. The molecule has 0 radical (unpaired) electrons. The molecule has 0 bridgehead atoms. The standard InChI is InChI=1S/C26H29N3O2S/c1-17-7-9-24(18(2)14-17)28-26(32)29(16-21-6-5-13-31-21)12-11-22-19(3)27-25-10-8-20(30-4)15-23(22)25/h5-10,13-15,27H,11-12,16H2,1-4H3,(H,28,32). The number of thiocarbonyl (C=S) groups is 1. The minimum absolute atomic E-state index is 0.606. The third-order valence-electron chi connectivity index (χ3n) is 5.80. The van der Waals surface area contributed by atoms with Crippen molar-refractivity contribution < 1.29 is 9.15 Å². The zero-order chi connectivity index (χ0) is 22.7. The molecule has 2 N–H and O–H groups in total. The van der Waals surface area contributed by atoms with Crippen LogP contribution in [0.3, 0.4) is 0 Å². The molecule has 0 aliphatic heterocycles. The van der Waals surface area contributed by atoms with Gasteiger partial charge in [0.25, 0.3) is 0 Å². The first kappa shape index (κ1) is 22.0. The number of benzene rings is 2. The van der Waals surface area contributed by atoms with Crippen LogP contribution in [0, 0.1) is 20.8 Å². The topological polar surface area (TPSA) is 53.4 Å². The quantitative estimate of drug-likeness (QED) is 0.334. The van der Waals surface area contributed by atoms with E-state index in [-0.39, 0.29) is 0 Å². The van der Waals surface area contributed by atoms with E-state index in [1.54, 1.807) is 13.4 Å². The number of H-pyrrole nitrogens is 1. The lowest BCUT2D eigenvalue weighted by Crippen LogP contribution is -2.36. The molecule has 0 aliphatic rings. The molecule has 166 valence electrons. The van der Waals surface area contributed by atoms with Gasteiger partial charge in [-0.25, -0.2) is 0 Å². The maximum atomic E-state index is 5.83. The van der Waals surface area contributed by atoms with Crippen LogP contribution < -0.4 is 10.1 Å². The highest BCUT2D eigenvalue weighted by atomic mass is 32.1. The molecule has 0 spiro atoms. The van der Waals surface area contributed by atoms with Crippen LogP contribution in [0.1, 0.15) is 28.1 Å². The Hall–Kier alpha value is -3.25. The number of nitrogens with zero attached hydrogens (tertiary/aromatic N) is 1. The highest BCUT2D eigenvalue weighted by Crippen LogP contribution is 2.27. The Morgan fingerprint density at radius 3 is 2.69 bits per heavy atom. The molecule has 32 heavy (non-hydrogen) atoms. The zero-order valence-electron chi connectivity index (χ0n) is 19.0. The normalized spacial score (nSPS) is 11.0. The van der Waals surface area contributed by atoms with Gasteiger partial charge in [-0.05, 0) is 86.9 Å². The number of fused-ring (bicyclic) bond motifs is 1. The summed E-state index contributed by atoms with van der Waals surface area (Å²) in [5.41, 5.74) is 6.99. The highest BCUT2D eigenvalue weighted by molar-refractivity contribution is 7.80. The zero-order valence-corrected chi connectivity index (χ0v) is 19.8. The van der Waals surface area contributed by atoms with Gasteiger partial charge in [-0.3, -0.25) is 0 Å². The van der Waals surface area contributed by atoms with Gasteiger partial charge in [0, 0.05) is 28.8 Å². The SMILES string of the molecule is COc1ccc2[nH]c(C)c(CCN(Cc3ccco3)C(=S)Nc3ccc(C)cc3C)c2c1. The van der Waals surface area contributed by atoms with Crippen molar-refractivity contribution in [2.45, 2.75) is 33.7 Å². The predicted octanol–water partition coefficient (Wildman–Crippen LogP) is 6.14. The minimum Gasteiger partial charge on any atom is -0.497 e. The van der Waals surface area contributed by atoms with E-state index in [4.69, 9.17) is 21.4 Å². The molecule has 6 heteroatoms. The van der Waals surface area contributed by atoms with Crippen LogP contribution in [0.4, 0.5) is 5.69 Å². The lowest BCUT2D eigenvalue weighted by molar-refractivity contribution is 0.368. The summed E-state index contributed by atoms with van der Waals surface area (Å²) in [5, 5.41) is 5.31. The molecule has 4 rings (SSSR count). The summed E-state index contributed by atoms with van der Waals surface area (Å²) in [4.78, 5) is 5.65. The molecule has 0 amide bonds. The molecule has 4 aromatic rings. The number of hydrogen-bond donors (Lipinski definition) is 2. The maximum absolute atomic E-state index is 5.83. The van der Waals surface area contributed by atoms with Gasteiger partial charge in [0.15, 0.2) is 5.11 Å². The van der Waals surface area contributed by atoms with E-state index in [2.05, 4.69) is 66.3 Å². The lowest BCUT2D eigenvalue weighted by atomic mass is 10.1. The fourth-order valence-corrected chi connectivity index (χ4v) is 4.31. The van der Waals surface area contributed by atoms with Gasteiger partial charge in [-0.1, -0.05) is 17.7 Å². The Labute approximate surface area is 194 Å². The average Bonchev–Trinajstić information content (AvgIpc) is 3.39. The molecule has 0 fully saturated rings. The Bertz CT molecular complexity index is 1230. The van der Waals surface area contributed by atoms with Gasteiger partial charge >= 0.3 is 0 Å². The fraction of sp³-hybridized carbons (Fsp3) is 0.269. The Balaban J connectivity index is 1.56. The molecular weight excluding hydrogens is 418 g/mol. The summed E-state index contributed by atoms with van der Waals surface area (Å²) in [5.74, 6) is 1.74. The third-order valence-corrected chi connectivity index (χ3v) is 6.16. The Kier molecular flexibility index (Phi) is 6.51. The van der Waals surface area contributed by atoms with Crippen molar-refractivity contribution in [3.05, 3.63) is 82.9 Å². The number of furan rings is 1. The van der Waals surface area contributed by atoms with E-state index in [1.165, 1.54) is 27.8 Å². The van der Waals surface area contributed by atoms with E-state index in [0.717, 1.165) is 35.7 Å². The van der Waals surface area contributed by atoms with Crippen LogP contribution >= 0.6 is 12.2 Å². The van der Waals surface area contributed by atoms with Crippen LogP contribution in [0.15, 0.2) is 59.2 Å². The van der Waals surface area contributed by atoms with Crippen molar-refractivity contribution in [2.75, 3.05) is 19.0 Å². The molecule has 5 nitrogen and oxygen atoms in total. The molecule has 0 saturated carbocycles. The monoisotopic (exact) mass is 447 g/mol. The average molecular weight is 448 g/mol. The molecule has 2 aromatic carbocycles. The van der Waals surface area contributed by atoms with Gasteiger partial charge < -0.3 is 24.4 Å². The van der Waals surface area contributed by atoms with Crippen LogP contribution in [-0.4, -0.2) is 28.7 Å². The summed E-state index contributed by atoms with van der Waals surface area (Å²) in [6.45, 7) is 7.66. The van der Waals surface area contributed by atoms with E-state index in [0.29, 0.717) is 11.7 Å². The summed E-state index contributed by atoms with van der Waals surface area (Å²) in [6, 6.07) is 16.4. The number of nitrogens with one attached hydrogen (secondary N) is 2. The van der Waals surface area contributed by atoms with Gasteiger partial charge in [-0.15, -0.1) is 0 Å².